The van der Waals surface area contributed by atoms with Crippen LogP contribution in [-0.2, 0) is 15.0 Å². The average molecular weight is 485 g/mol. The summed E-state index contributed by atoms with van der Waals surface area (Å²) in [5.74, 6) is -1.09. The molecule has 182 valence electrons. The van der Waals surface area contributed by atoms with Crippen LogP contribution in [-0.4, -0.2) is 60.9 Å². The van der Waals surface area contributed by atoms with Gasteiger partial charge in [-0.15, -0.1) is 0 Å². The van der Waals surface area contributed by atoms with Gasteiger partial charge in [0.1, 0.15) is 11.5 Å². The maximum Gasteiger partial charge on any atom is 0.295 e. The summed E-state index contributed by atoms with van der Waals surface area (Å²) in [4.78, 5) is 29.8. The number of hydrogen-bond donors (Lipinski definition) is 1. The molecule has 1 amide bonds. The van der Waals surface area contributed by atoms with E-state index in [-0.39, 0.29) is 16.7 Å². The van der Waals surface area contributed by atoms with Crippen LogP contribution in [0.2, 0.25) is 5.02 Å². The van der Waals surface area contributed by atoms with Gasteiger partial charge >= 0.3 is 0 Å². The highest BCUT2D eigenvalue weighted by Gasteiger charge is 2.45. The SMILES string of the molecule is COc1ccc(/C(O)=C2\C(=O)C(=O)N(CCCN(C)C)[C@H]2c2ccc(C(C)(C)C)cc2)cc1Cl. The fourth-order valence-corrected chi connectivity index (χ4v) is 4.41. The zero-order valence-corrected chi connectivity index (χ0v) is 21.4. The average Bonchev–Trinajstić information content (AvgIpc) is 3.02. The van der Waals surface area contributed by atoms with Gasteiger partial charge in [0.15, 0.2) is 0 Å². The number of carbonyl (C=O) groups excluding carboxylic acids is 2. The van der Waals surface area contributed by atoms with E-state index in [1.54, 1.807) is 17.0 Å². The van der Waals surface area contributed by atoms with Crippen LogP contribution < -0.4 is 4.74 Å². The molecule has 1 saturated heterocycles. The second-order valence-electron chi connectivity index (χ2n) is 9.87. The van der Waals surface area contributed by atoms with Crippen LogP contribution in [0.3, 0.4) is 0 Å². The van der Waals surface area contributed by atoms with Gasteiger partial charge in [0.05, 0.1) is 23.7 Å². The van der Waals surface area contributed by atoms with Crippen LogP contribution in [0.15, 0.2) is 48.0 Å². The van der Waals surface area contributed by atoms with Crippen molar-refractivity contribution in [2.45, 2.75) is 38.6 Å². The molecule has 1 N–H and O–H groups in total. The Kier molecular flexibility index (Phi) is 7.74. The molecule has 1 fully saturated rings. The van der Waals surface area contributed by atoms with E-state index in [4.69, 9.17) is 16.3 Å². The quantitative estimate of drug-likeness (QED) is 0.339. The van der Waals surface area contributed by atoms with E-state index in [0.29, 0.717) is 29.3 Å². The molecule has 1 aliphatic heterocycles. The monoisotopic (exact) mass is 484 g/mol. The number of aliphatic hydroxyl groups is 1. The van der Waals surface area contributed by atoms with E-state index >= 15 is 0 Å². The van der Waals surface area contributed by atoms with Gasteiger partial charge in [0.2, 0.25) is 0 Å². The van der Waals surface area contributed by atoms with Crippen molar-refractivity contribution in [3.63, 3.8) is 0 Å². The summed E-state index contributed by atoms with van der Waals surface area (Å²) in [5, 5.41) is 11.5. The summed E-state index contributed by atoms with van der Waals surface area (Å²) < 4.78 is 5.19. The number of likely N-dealkylation sites (tertiary alicyclic amines) is 1. The lowest BCUT2D eigenvalue weighted by Gasteiger charge is -2.27. The van der Waals surface area contributed by atoms with Gasteiger partial charge in [-0.1, -0.05) is 56.6 Å². The number of rotatable bonds is 7. The van der Waals surface area contributed by atoms with Crippen molar-refractivity contribution < 1.29 is 19.4 Å². The summed E-state index contributed by atoms with van der Waals surface area (Å²) in [6, 6.07) is 12.0. The Balaban J connectivity index is 2.11. The first-order valence-corrected chi connectivity index (χ1v) is 11.7. The standard InChI is InChI=1S/C27H33ClN2O4/c1-27(2,3)19-11-8-17(9-12-19)23-22(24(31)18-10-13-21(34-6)20(28)16-18)25(32)26(33)30(23)15-7-14-29(4)5/h8-13,16,23,31H,7,14-15H2,1-6H3/b24-22+/t23-/m0/s1. The van der Waals surface area contributed by atoms with Gasteiger partial charge in [-0.25, -0.2) is 0 Å². The molecule has 6 nitrogen and oxygen atoms in total. The van der Waals surface area contributed by atoms with E-state index in [1.807, 2.05) is 43.3 Å². The molecule has 1 heterocycles. The van der Waals surface area contributed by atoms with Crippen molar-refractivity contribution in [2.75, 3.05) is 34.3 Å². The predicted octanol–water partition coefficient (Wildman–Crippen LogP) is 5.02. The van der Waals surface area contributed by atoms with E-state index in [9.17, 15) is 14.7 Å². The summed E-state index contributed by atoms with van der Waals surface area (Å²) in [5.41, 5.74) is 2.31. The highest BCUT2D eigenvalue weighted by Crippen LogP contribution is 2.41. The number of carbonyl (C=O) groups is 2. The topological polar surface area (TPSA) is 70.1 Å². The molecule has 1 aliphatic rings. The highest BCUT2D eigenvalue weighted by molar-refractivity contribution is 6.46. The van der Waals surface area contributed by atoms with Crippen LogP contribution in [0, 0.1) is 0 Å². The molecule has 2 aromatic carbocycles. The molecule has 0 spiro atoms. The second-order valence-corrected chi connectivity index (χ2v) is 10.3. The molecule has 2 aromatic rings. The largest absolute Gasteiger partial charge is 0.507 e. The van der Waals surface area contributed by atoms with Gasteiger partial charge in [-0.3, -0.25) is 9.59 Å². The zero-order valence-electron chi connectivity index (χ0n) is 20.7. The molecule has 1 atom stereocenters. The summed E-state index contributed by atoms with van der Waals surface area (Å²) in [6.45, 7) is 7.55. The smallest absolute Gasteiger partial charge is 0.295 e. The maximum atomic E-state index is 13.2. The number of ketones is 1. The number of aliphatic hydroxyl groups excluding tert-OH is 1. The van der Waals surface area contributed by atoms with Crippen molar-refractivity contribution in [3.05, 3.63) is 69.8 Å². The van der Waals surface area contributed by atoms with Gasteiger partial charge in [-0.05, 0) is 61.8 Å². The zero-order chi connectivity index (χ0) is 25.2. The Morgan fingerprint density at radius 3 is 2.29 bits per heavy atom. The number of amides is 1. The van der Waals surface area contributed by atoms with Crippen molar-refractivity contribution in [3.8, 4) is 5.75 Å². The summed E-state index contributed by atoms with van der Waals surface area (Å²) in [6.07, 6.45) is 0.699. The molecule has 3 rings (SSSR count). The van der Waals surface area contributed by atoms with Crippen LogP contribution in [0.25, 0.3) is 5.76 Å². The molecule has 0 radical (unpaired) electrons. The first kappa shape index (κ1) is 25.8. The fourth-order valence-electron chi connectivity index (χ4n) is 4.15. The maximum absolute atomic E-state index is 13.2. The minimum Gasteiger partial charge on any atom is -0.507 e. The Labute approximate surface area is 206 Å². The Hall–Kier alpha value is -2.83. The fraction of sp³-hybridized carbons (Fsp3) is 0.407. The second kappa shape index (κ2) is 10.2. The van der Waals surface area contributed by atoms with Crippen molar-refractivity contribution in [1.82, 2.24) is 9.80 Å². The number of nitrogens with zero attached hydrogens (tertiary/aromatic N) is 2. The molecule has 0 unspecified atom stereocenters. The number of hydrogen-bond acceptors (Lipinski definition) is 5. The summed E-state index contributed by atoms with van der Waals surface area (Å²) >= 11 is 6.26. The number of Topliss-reactive ketones (excluding diaryl/α,β-unsaturated/α-hetero) is 1. The lowest BCUT2D eigenvalue weighted by atomic mass is 9.85. The Morgan fingerprint density at radius 2 is 1.76 bits per heavy atom. The normalized spacial score (nSPS) is 18.1. The van der Waals surface area contributed by atoms with E-state index < -0.39 is 17.7 Å². The Bertz CT molecular complexity index is 1100. The number of ether oxygens (including phenoxy) is 1. The van der Waals surface area contributed by atoms with Crippen molar-refractivity contribution >= 4 is 29.1 Å². The third-order valence-corrected chi connectivity index (χ3v) is 6.36. The predicted molar refractivity (Wildman–Crippen MR) is 135 cm³/mol. The minimum atomic E-state index is -0.695. The van der Waals surface area contributed by atoms with Crippen LogP contribution in [0.4, 0.5) is 0 Å². The molecule has 34 heavy (non-hydrogen) atoms. The molecule has 0 saturated carbocycles. The lowest BCUT2D eigenvalue weighted by Crippen LogP contribution is -2.32. The van der Waals surface area contributed by atoms with Gasteiger partial charge < -0.3 is 19.6 Å². The lowest BCUT2D eigenvalue weighted by molar-refractivity contribution is -0.139. The van der Waals surface area contributed by atoms with Crippen LogP contribution >= 0.6 is 11.6 Å². The molecule has 7 heteroatoms. The van der Waals surface area contributed by atoms with Gasteiger partial charge in [-0.2, -0.15) is 0 Å². The first-order valence-electron chi connectivity index (χ1n) is 11.3. The number of methoxy groups -OCH3 is 1. The molecule has 0 aromatic heterocycles. The minimum absolute atomic E-state index is 0.0358. The third kappa shape index (κ3) is 5.29. The van der Waals surface area contributed by atoms with Gasteiger partial charge in [0.25, 0.3) is 11.7 Å². The highest BCUT2D eigenvalue weighted by atomic mass is 35.5. The van der Waals surface area contributed by atoms with E-state index in [0.717, 1.165) is 17.7 Å². The molecular weight excluding hydrogens is 452 g/mol. The van der Waals surface area contributed by atoms with Gasteiger partial charge in [0, 0.05) is 12.1 Å². The van der Waals surface area contributed by atoms with Crippen molar-refractivity contribution in [2.24, 2.45) is 0 Å². The molecular formula is C27H33ClN2O4. The van der Waals surface area contributed by atoms with Crippen LogP contribution in [0.1, 0.15) is 49.9 Å². The molecule has 0 bridgehead atoms. The van der Waals surface area contributed by atoms with E-state index in [2.05, 4.69) is 20.8 Å². The Morgan fingerprint density at radius 1 is 1.12 bits per heavy atom. The molecule has 0 aliphatic carbocycles. The summed E-state index contributed by atoms with van der Waals surface area (Å²) in [7, 11) is 5.43. The van der Waals surface area contributed by atoms with Crippen molar-refractivity contribution in [1.29, 1.82) is 0 Å². The van der Waals surface area contributed by atoms with Crippen LogP contribution in [0.5, 0.6) is 5.75 Å². The first-order chi connectivity index (χ1) is 16.0. The third-order valence-electron chi connectivity index (χ3n) is 6.06. The number of benzene rings is 2. The number of halogens is 1. The van der Waals surface area contributed by atoms with E-state index in [1.165, 1.54) is 13.2 Å².